The van der Waals surface area contributed by atoms with Gasteiger partial charge in [0.05, 0.1) is 0 Å². The van der Waals surface area contributed by atoms with E-state index >= 15 is 0 Å². The van der Waals surface area contributed by atoms with E-state index in [4.69, 9.17) is 0 Å². The second-order valence-corrected chi connectivity index (χ2v) is 2.20. The van der Waals surface area contributed by atoms with Gasteiger partial charge in [-0.25, -0.2) is 0 Å². The number of alkyl halides is 3. The average molecular weight is 260 g/mol. The summed E-state index contributed by atoms with van der Waals surface area (Å²) in [6.45, 7) is 3.39. The van der Waals surface area contributed by atoms with E-state index in [1.165, 1.54) is 12.2 Å². The van der Waals surface area contributed by atoms with Crippen molar-refractivity contribution < 1.29 is 45.1 Å². The van der Waals surface area contributed by atoms with E-state index in [0.717, 1.165) is 12.5 Å². The third-order valence-electron chi connectivity index (χ3n) is 1.25. The number of hydrogen-bond donors (Lipinski definition) is 0. The molecule has 0 fully saturated rings. The topological polar surface area (TPSA) is 0 Å². The van der Waals surface area contributed by atoms with Crippen LogP contribution in [0, 0.1) is 6.42 Å². The van der Waals surface area contributed by atoms with E-state index in [1.54, 1.807) is 0 Å². The summed E-state index contributed by atoms with van der Waals surface area (Å²) in [5.41, 5.74) is -0.273. The van der Waals surface area contributed by atoms with Crippen LogP contribution in [-0.4, -0.2) is 6.18 Å². The van der Waals surface area contributed by atoms with Gasteiger partial charge in [-0.05, 0) is 5.57 Å². The number of rotatable bonds is 0. The van der Waals surface area contributed by atoms with Gasteiger partial charge in [-0.1, -0.05) is 24.8 Å². The van der Waals surface area contributed by atoms with Gasteiger partial charge < -0.3 is 12.4 Å². The Morgan fingerprint density at radius 3 is 2.08 bits per heavy atom. The third kappa shape index (κ3) is 4.63. The molecule has 1 radical (unpaired) electrons. The molecule has 0 nitrogen and oxygen atoms in total. The zero-order valence-electron chi connectivity index (χ0n) is 6.74. The minimum Gasteiger partial charge on any atom is -1.00 e. The van der Waals surface area contributed by atoms with Crippen molar-refractivity contribution in [3.63, 3.8) is 0 Å². The number of halogens is 4. The smallest absolute Gasteiger partial charge is 0.413 e. The van der Waals surface area contributed by atoms with Crippen LogP contribution in [0.2, 0.25) is 0 Å². The summed E-state index contributed by atoms with van der Waals surface area (Å²) in [5.74, 6) is 0. The van der Waals surface area contributed by atoms with Crippen LogP contribution in [-0.2, 0) is 19.5 Å². The molecule has 0 atom stereocenters. The van der Waals surface area contributed by atoms with Crippen molar-refractivity contribution in [2.24, 2.45) is 0 Å². The van der Waals surface area contributed by atoms with Crippen molar-refractivity contribution >= 4 is 0 Å². The monoisotopic (exact) mass is 258 g/mol. The third-order valence-corrected chi connectivity index (χ3v) is 1.25. The summed E-state index contributed by atoms with van der Waals surface area (Å²) in [6, 6.07) is 0. The first-order valence-corrected chi connectivity index (χ1v) is 2.99. The molecule has 0 N–H and O–H groups in total. The Morgan fingerprint density at radius 1 is 1.23 bits per heavy atom. The summed E-state index contributed by atoms with van der Waals surface area (Å²) in [6.07, 6.45) is 0.642. The molecule has 0 heterocycles. The molecule has 1 aliphatic carbocycles. The second kappa shape index (κ2) is 5.61. The van der Waals surface area contributed by atoms with Crippen molar-refractivity contribution in [3.05, 3.63) is 42.4 Å². The van der Waals surface area contributed by atoms with Crippen LogP contribution in [0.15, 0.2) is 36.0 Å². The molecule has 0 saturated heterocycles. The van der Waals surface area contributed by atoms with Crippen LogP contribution in [0.4, 0.5) is 13.2 Å². The van der Waals surface area contributed by atoms with Crippen molar-refractivity contribution in [3.8, 4) is 0 Å². The van der Waals surface area contributed by atoms with Gasteiger partial charge >= 0.3 is 6.18 Å². The Hall–Kier alpha value is -0.0766. The van der Waals surface area contributed by atoms with Gasteiger partial charge in [-0.15, -0.1) is 0 Å². The molecule has 1 rings (SSSR count). The summed E-state index contributed by atoms with van der Waals surface area (Å²) in [5, 5.41) is 0. The number of hydrogen-bond acceptors (Lipinski definition) is 0. The largest absolute Gasteiger partial charge is 1.00 e. The first kappa shape index (κ1) is 15.4. The zero-order valence-corrected chi connectivity index (χ0v) is 10.5. The zero-order chi connectivity index (χ0) is 8.48. The second-order valence-electron chi connectivity index (χ2n) is 2.20. The normalized spacial score (nSPS) is 15.6. The predicted molar refractivity (Wildman–Crippen MR) is 36.7 cm³/mol. The minimum atomic E-state index is -4.26. The van der Waals surface area contributed by atoms with Gasteiger partial charge in [-0.3, -0.25) is 0 Å². The summed E-state index contributed by atoms with van der Waals surface area (Å²) >= 11 is 0. The molecule has 0 unspecified atom stereocenters. The quantitative estimate of drug-likeness (QED) is 0.529. The van der Waals surface area contributed by atoms with Crippen molar-refractivity contribution in [2.45, 2.75) is 6.18 Å². The summed E-state index contributed by atoms with van der Waals surface area (Å²) in [4.78, 5) is 0. The molecule has 1 aliphatic rings. The maximum atomic E-state index is 11.9. The van der Waals surface area contributed by atoms with Crippen LogP contribution in [0.25, 0.3) is 0 Å². The molecule has 0 aromatic heterocycles. The van der Waals surface area contributed by atoms with Gasteiger partial charge in [-0.2, -0.15) is 13.2 Å². The van der Waals surface area contributed by atoms with E-state index < -0.39 is 11.7 Å². The van der Waals surface area contributed by atoms with E-state index in [9.17, 15) is 13.2 Å². The molecule has 13 heavy (non-hydrogen) atoms. The van der Waals surface area contributed by atoms with Gasteiger partial charge in [0.1, 0.15) is 0 Å². The Balaban J connectivity index is 0. The minimum absolute atomic E-state index is 0. The van der Waals surface area contributed by atoms with Gasteiger partial charge in [0, 0.05) is 31.5 Å². The summed E-state index contributed by atoms with van der Waals surface area (Å²) in [7, 11) is 0. The van der Waals surface area contributed by atoms with Crippen LogP contribution >= 0.6 is 0 Å². The molecule has 69 valence electrons. The van der Waals surface area contributed by atoms with Crippen molar-refractivity contribution in [2.75, 3.05) is 0 Å². The van der Waals surface area contributed by atoms with Crippen molar-refractivity contribution in [1.82, 2.24) is 0 Å². The molecule has 0 aromatic carbocycles. The molecular formula is C8H6ClF3Zn-. The fourth-order valence-electron chi connectivity index (χ4n) is 0.748. The predicted octanol–water partition coefficient (Wildman–Crippen LogP) is -0.193. The Labute approximate surface area is 93.8 Å². The summed E-state index contributed by atoms with van der Waals surface area (Å²) < 4.78 is 35.8. The van der Waals surface area contributed by atoms with Crippen molar-refractivity contribution in [1.29, 1.82) is 0 Å². The first-order valence-electron chi connectivity index (χ1n) is 2.99. The first-order chi connectivity index (χ1) is 5.00. The molecule has 0 saturated carbocycles. The molecule has 0 amide bonds. The van der Waals surface area contributed by atoms with E-state index in [0.29, 0.717) is 5.57 Å². The SMILES string of the molecule is C=C1[CH]C(C(F)(F)F)=CC=C1.[Cl-].[Zn]. The molecule has 0 spiro atoms. The molecule has 0 aromatic rings. The maximum absolute atomic E-state index is 11.9. The number of allylic oxidation sites excluding steroid dienone is 5. The van der Waals surface area contributed by atoms with Gasteiger partial charge in [0.25, 0.3) is 0 Å². The van der Waals surface area contributed by atoms with Crippen LogP contribution in [0.1, 0.15) is 0 Å². The van der Waals surface area contributed by atoms with Crippen LogP contribution in [0.3, 0.4) is 0 Å². The Morgan fingerprint density at radius 2 is 1.77 bits per heavy atom. The van der Waals surface area contributed by atoms with E-state index in [-0.39, 0.29) is 31.9 Å². The Kier molecular flexibility index (Phi) is 6.65. The molecule has 5 heteroatoms. The average Bonchev–Trinajstić information content (AvgIpc) is 1.86. The fourth-order valence-corrected chi connectivity index (χ4v) is 0.748. The fraction of sp³-hybridized carbons (Fsp3) is 0.125. The van der Waals surface area contributed by atoms with Crippen LogP contribution < -0.4 is 12.4 Å². The van der Waals surface area contributed by atoms with Crippen LogP contribution in [0.5, 0.6) is 0 Å². The standard InChI is InChI=1S/C8H6F3.ClH.Zn/c1-6-3-2-4-7(5-6)8(9,10)11;;/h2-5H,1H2;1H;/p-1. The molecule has 0 bridgehead atoms. The van der Waals surface area contributed by atoms with Gasteiger partial charge in [0.15, 0.2) is 0 Å². The van der Waals surface area contributed by atoms with E-state index in [1.807, 2.05) is 0 Å². The molecule has 0 aliphatic heterocycles. The molecular weight excluding hydrogens is 254 g/mol. The van der Waals surface area contributed by atoms with E-state index in [2.05, 4.69) is 6.58 Å². The maximum Gasteiger partial charge on any atom is 0.413 e. The van der Waals surface area contributed by atoms with Gasteiger partial charge in [0.2, 0.25) is 0 Å². The Bertz CT molecular complexity index is 240.